The maximum atomic E-state index is 13.7. The van der Waals surface area contributed by atoms with Crippen molar-refractivity contribution >= 4 is 17.6 Å². The molecule has 1 aliphatic heterocycles. The monoisotopic (exact) mass is 381 g/mol. The van der Waals surface area contributed by atoms with Gasteiger partial charge in [-0.05, 0) is 24.8 Å². The molecule has 3 unspecified atom stereocenters. The molecule has 9 heteroatoms. The quantitative estimate of drug-likeness (QED) is 0.576. The number of nitrogens with two attached hydrogens (primary N) is 1. The summed E-state index contributed by atoms with van der Waals surface area (Å²) in [5.74, 6) is -0.592. The number of aliphatic imine (C=N–C) groups is 1. The molecule has 3 N–H and O–H groups in total. The predicted octanol–water partition coefficient (Wildman–Crippen LogP) is 3.70. The molecule has 1 aliphatic carbocycles. The van der Waals surface area contributed by atoms with Gasteiger partial charge in [0, 0.05) is 23.2 Å². The van der Waals surface area contributed by atoms with Crippen molar-refractivity contribution in [2.45, 2.75) is 49.9 Å². The van der Waals surface area contributed by atoms with Gasteiger partial charge >= 0.3 is 6.18 Å². The summed E-state index contributed by atoms with van der Waals surface area (Å²) in [6.45, 7) is 1.36. The van der Waals surface area contributed by atoms with Crippen LogP contribution in [0.5, 0.6) is 0 Å². The van der Waals surface area contributed by atoms with Gasteiger partial charge in [0.1, 0.15) is 5.83 Å². The third-order valence-corrected chi connectivity index (χ3v) is 4.15. The van der Waals surface area contributed by atoms with Crippen LogP contribution >= 0.6 is 11.6 Å². The molecule has 0 spiro atoms. The first-order valence-electron chi connectivity index (χ1n) is 7.91. The first-order chi connectivity index (χ1) is 11.7. The Kier molecular flexibility index (Phi) is 6.51. The summed E-state index contributed by atoms with van der Waals surface area (Å²) in [5.41, 5.74) is 6.34. The van der Waals surface area contributed by atoms with Gasteiger partial charge in [0.25, 0.3) is 6.02 Å². The van der Waals surface area contributed by atoms with E-state index in [-0.39, 0.29) is 23.5 Å². The van der Waals surface area contributed by atoms with Crippen molar-refractivity contribution in [3.05, 3.63) is 35.3 Å². The molecule has 0 aromatic carbocycles. The second kappa shape index (κ2) is 8.23. The van der Waals surface area contributed by atoms with Crippen molar-refractivity contribution in [1.29, 1.82) is 0 Å². The van der Waals surface area contributed by atoms with Crippen LogP contribution in [-0.4, -0.2) is 36.3 Å². The van der Waals surface area contributed by atoms with Crippen LogP contribution < -0.4 is 11.1 Å². The van der Waals surface area contributed by atoms with Gasteiger partial charge in [0.05, 0.1) is 6.54 Å². The van der Waals surface area contributed by atoms with Crippen LogP contribution in [0.4, 0.5) is 17.6 Å². The zero-order valence-corrected chi connectivity index (χ0v) is 14.4. The van der Waals surface area contributed by atoms with E-state index in [1.165, 1.54) is 6.08 Å². The van der Waals surface area contributed by atoms with E-state index in [4.69, 9.17) is 22.1 Å². The number of halogens is 5. The largest absolute Gasteiger partial charge is 0.447 e. The van der Waals surface area contributed by atoms with Crippen LogP contribution in [0.3, 0.4) is 0 Å². The minimum atomic E-state index is -4.69. The van der Waals surface area contributed by atoms with Gasteiger partial charge in [-0.25, -0.2) is 9.38 Å². The van der Waals surface area contributed by atoms with Crippen LogP contribution in [0.25, 0.3) is 0 Å². The lowest BCUT2D eigenvalue weighted by Gasteiger charge is -2.31. The molecule has 25 heavy (non-hydrogen) atoms. The lowest BCUT2D eigenvalue weighted by atomic mass is 9.86. The minimum Gasteiger partial charge on any atom is -0.447 e. The van der Waals surface area contributed by atoms with Gasteiger partial charge in [-0.15, -0.1) is 11.6 Å². The summed E-state index contributed by atoms with van der Waals surface area (Å²) in [7, 11) is 0. The normalized spacial score (nSPS) is 26.2. The van der Waals surface area contributed by atoms with Crippen molar-refractivity contribution in [1.82, 2.24) is 5.32 Å². The van der Waals surface area contributed by atoms with E-state index in [9.17, 15) is 17.6 Å². The average Bonchev–Trinajstić information content (AvgIpc) is 2.52. The Labute approximate surface area is 148 Å². The first-order valence-corrected chi connectivity index (χ1v) is 8.35. The molecule has 2 rings (SSSR count). The highest BCUT2D eigenvalue weighted by Crippen LogP contribution is 2.36. The fraction of sp³-hybridized carbons (Fsp3) is 0.562. The lowest BCUT2D eigenvalue weighted by molar-refractivity contribution is -0.186. The third-order valence-electron chi connectivity index (χ3n) is 3.80. The van der Waals surface area contributed by atoms with E-state index in [2.05, 4.69) is 10.3 Å². The second-order valence-corrected chi connectivity index (χ2v) is 6.42. The van der Waals surface area contributed by atoms with Gasteiger partial charge in [0.15, 0.2) is 0 Å². The van der Waals surface area contributed by atoms with E-state index >= 15 is 0 Å². The number of hydrogen-bond donors (Lipinski definition) is 2. The van der Waals surface area contributed by atoms with Crippen molar-refractivity contribution in [2.24, 2.45) is 10.7 Å². The first kappa shape index (κ1) is 19.8. The minimum absolute atomic E-state index is 0.0504. The highest BCUT2D eigenvalue weighted by molar-refractivity contribution is 6.20. The topological polar surface area (TPSA) is 59.6 Å². The Morgan fingerprint density at radius 1 is 1.56 bits per heavy atom. The molecule has 0 bridgehead atoms. The summed E-state index contributed by atoms with van der Waals surface area (Å²) in [6, 6.07) is -0.993. The van der Waals surface area contributed by atoms with Crippen LogP contribution in [0.15, 0.2) is 40.3 Å². The van der Waals surface area contributed by atoms with E-state index in [0.29, 0.717) is 24.8 Å². The Bertz CT molecular complexity index is 613. The van der Waals surface area contributed by atoms with Crippen molar-refractivity contribution in [3.63, 3.8) is 0 Å². The van der Waals surface area contributed by atoms with E-state index in [0.717, 1.165) is 6.20 Å². The third kappa shape index (κ3) is 5.22. The Morgan fingerprint density at radius 2 is 2.28 bits per heavy atom. The number of allylic oxidation sites excluding steroid dienone is 2. The molecular formula is C16H20ClF4N3O. The lowest BCUT2D eigenvalue weighted by Crippen LogP contribution is -2.42. The van der Waals surface area contributed by atoms with Gasteiger partial charge in [-0.1, -0.05) is 19.1 Å². The highest BCUT2D eigenvalue weighted by Gasteiger charge is 2.46. The van der Waals surface area contributed by atoms with E-state index in [1.807, 2.05) is 0 Å². The molecule has 0 amide bonds. The molecule has 140 valence electrons. The standard InChI is InChI=1S/C16H20ClF4N3O/c1-2-3-12(11-5-4-9(17)6-13(11)22)14(16(19,20)21)25-15-23-7-10(18)8-24-15/h3,5,7,9,13-14H,2,4,6,8,22H2,1H3,(H,23,24)/b12-3+. The molecular weight excluding hydrogens is 362 g/mol. The Morgan fingerprint density at radius 3 is 2.80 bits per heavy atom. The number of nitrogens with zero attached hydrogens (tertiary/aromatic N) is 1. The summed E-state index contributed by atoms with van der Waals surface area (Å²) in [4.78, 5) is 3.62. The summed E-state index contributed by atoms with van der Waals surface area (Å²) >= 11 is 6.03. The average molecular weight is 382 g/mol. The van der Waals surface area contributed by atoms with Gasteiger partial charge < -0.3 is 15.8 Å². The van der Waals surface area contributed by atoms with Crippen LogP contribution in [0, 0.1) is 0 Å². The van der Waals surface area contributed by atoms with Crippen LogP contribution in [-0.2, 0) is 4.74 Å². The zero-order chi connectivity index (χ0) is 18.6. The number of hydrogen-bond acceptors (Lipinski definition) is 4. The maximum Gasteiger partial charge on any atom is 0.429 e. The maximum absolute atomic E-state index is 13.7. The molecule has 0 saturated heterocycles. The van der Waals surface area contributed by atoms with Gasteiger partial charge in [-0.2, -0.15) is 13.2 Å². The van der Waals surface area contributed by atoms with E-state index < -0.39 is 24.1 Å². The van der Waals surface area contributed by atoms with Crippen molar-refractivity contribution in [2.75, 3.05) is 6.54 Å². The van der Waals surface area contributed by atoms with Crippen molar-refractivity contribution < 1.29 is 22.3 Å². The second-order valence-electron chi connectivity index (χ2n) is 5.80. The molecule has 0 aromatic rings. The summed E-state index contributed by atoms with van der Waals surface area (Å²) in [5, 5.41) is 2.08. The SMILES string of the molecule is CC/C=C(\C1=CCC(Cl)CC1N)C(OC1=NCC(F)=CN1)C(F)(F)F. The Hall–Kier alpha value is -1.54. The van der Waals surface area contributed by atoms with Crippen molar-refractivity contribution in [3.8, 4) is 0 Å². The molecule has 0 saturated carbocycles. The van der Waals surface area contributed by atoms with Crippen LogP contribution in [0.2, 0.25) is 0 Å². The number of rotatable bonds is 4. The smallest absolute Gasteiger partial charge is 0.429 e. The molecule has 3 atom stereocenters. The van der Waals surface area contributed by atoms with Gasteiger partial charge in [-0.3, -0.25) is 0 Å². The molecule has 1 heterocycles. The molecule has 0 fully saturated rings. The predicted molar refractivity (Wildman–Crippen MR) is 88.9 cm³/mol. The summed E-state index contributed by atoms with van der Waals surface area (Å²) in [6.07, 6.45) is -1.77. The number of alkyl halides is 4. The number of amidine groups is 1. The molecule has 0 radical (unpaired) electrons. The zero-order valence-electron chi connectivity index (χ0n) is 13.6. The van der Waals surface area contributed by atoms with E-state index in [1.54, 1.807) is 13.0 Å². The fourth-order valence-corrected chi connectivity index (χ4v) is 2.98. The molecule has 0 aromatic heterocycles. The number of ether oxygens (including phenoxy) is 1. The highest BCUT2D eigenvalue weighted by atomic mass is 35.5. The van der Waals surface area contributed by atoms with Crippen LogP contribution in [0.1, 0.15) is 26.2 Å². The summed E-state index contributed by atoms with van der Waals surface area (Å²) < 4.78 is 59.0. The fourth-order valence-electron chi connectivity index (χ4n) is 2.70. The Balaban J connectivity index is 2.31. The molecule has 4 nitrogen and oxygen atoms in total. The number of nitrogens with one attached hydrogen (secondary N) is 1. The molecule has 2 aliphatic rings. The van der Waals surface area contributed by atoms with Gasteiger partial charge in [0.2, 0.25) is 6.10 Å².